The van der Waals surface area contributed by atoms with Crippen molar-refractivity contribution in [2.75, 3.05) is 9.62 Å². The van der Waals surface area contributed by atoms with Crippen LogP contribution in [0.1, 0.15) is 44.9 Å². The minimum absolute atomic E-state index is 0.0376. The molecule has 1 aliphatic heterocycles. The maximum absolute atomic E-state index is 13.3. The maximum Gasteiger partial charge on any atom is 0.296 e. The predicted molar refractivity (Wildman–Crippen MR) is 129 cm³/mol. The molecule has 2 heterocycles. The summed E-state index contributed by atoms with van der Waals surface area (Å²) in [5, 5.41) is 0. The van der Waals surface area contributed by atoms with Crippen LogP contribution in [-0.4, -0.2) is 29.7 Å². The van der Waals surface area contributed by atoms with Crippen LogP contribution in [-0.2, 0) is 28.3 Å². The zero-order valence-electron chi connectivity index (χ0n) is 19.4. The molecule has 1 amide bonds. The first-order valence-electron chi connectivity index (χ1n) is 10.9. The molecule has 33 heavy (non-hydrogen) atoms. The molecule has 0 radical (unpaired) electrons. The van der Waals surface area contributed by atoms with E-state index in [0.717, 1.165) is 11.3 Å². The molecule has 1 aliphatic rings. The molecule has 3 aromatic rings. The highest BCUT2D eigenvalue weighted by molar-refractivity contribution is 7.92. The highest BCUT2D eigenvalue weighted by Gasteiger charge is 2.31. The van der Waals surface area contributed by atoms with Crippen molar-refractivity contribution in [3.63, 3.8) is 0 Å². The lowest BCUT2D eigenvalue weighted by molar-refractivity contribution is -0.116. The Morgan fingerprint density at radius 1 is 1.12 bits per heavy atom. The molecule has 2 aromatic carbocycles. The topological polar surface area (TPSA) is 93.4 Å². The summed E-state index contributed by atoms with van der Waals surface area (Å²) in [6.07, 6.45) is 0.571. The number of sulfonamides is 1. The molecule has 4 rings (SSSR count). The van der Waals surface area contributed by atoms with Crippen molar-refractivity contribution < 1.29 is 13.2 Å². The van der Waals surface area contributed by atoms with Gasteiger partial charge in [0.05, 0.1) is 16.3 Å². The molecule has 0 aliphatic carbocycles. The first-order valence-corrected chi connectivity index (χ1v) is 12.3. The highest BCUT2D eigenvalue weighted by Crippen LogP contribution is 2.34. The van der Waals surface area contributed by atoms with Gasteiger partial charge in [-0.15, -0.1) is 0 Å². The summed E-state index contributed by atoms with van der Waals surface area (Å²) >= 11 is 0. The van der Waals surface area contributed by atoms with E-state index in [2.05, 4.69) is 4.72 Å². The average Bonchev–Trinajstić information content (AvgIpc) is 3.20. The number of carbonyl (C=O) groups excluding carboxylic acids is 1. The van der Waals surface area contributed by atoms with Crippen molar-refractivity contribution in [2.45, 2.75) is 51.0 Å². The SMILES string of the molecule is CC(=O)N1c2ccc(S(=O)(=O)Nc3c(C(C)C)n(C)n(-c4ccccc4)c3=O)cc2CC1C. The largest absolute Gasteiger partial charge is 0.309 e. The van der Waals surface area contributed by atoms with Crippen molar-refractivity contribution in [1.82, 2.24) is 9.36 Å². The monoisotopic (exact) mass is 468 g/mol. The van der Waals surface area contributed by atoms with Crippen molar-refractivity contribution in [2.24, 2.45) is 7.05 Å². The smallest absolute Gasteiger partial charge is 0.296 e. The van der Waals surface area contributed by atoms with Crippen molar-refractivity contribution in [3.8, 4) is 5.69 Å². The molecule has 1 N–H and O–H groups in total. The van der Waals surface area contributed by atoms with Crippen LogP contribution in [0.2, 0.25) is 0 Å². The minimum Gasteiger partial charge on any atom is -0.309 e. The summed E-state index contributed by atoms with van der Waals surface area (Å²) in [6.45, 7) is 7.25. The van der Waals surface area contributed by atoms with Crippen LogP contribution in [0, 0.1) is 0 Å². The van der Waals surface area contributed by atoms with E-state index in [4.69, 9.17) is 0 Å². The van der Waals surface area contributed by atoms with Gasteiger partial charge in [0.1, 0.15) is 5.69 Å². The van der Waals surface area contributed by atoms with Gasteiger partial charge in [-0.1, -0.05) is 32.0 Å². The first kappa shape index (κ1) is 22.8. The molecule has 1 aromatic heterocycles. The van der Waals surface area contributed by atoms with Gasteiger partial charge in [-0.25, -0.2) is 13.1 Å². The van der Waals surface area contributed by atoms with E-state index < -0.39 is 15.6 Å². The number of anilines is 2. The van der Waals surface area contributed by atoms with Gasteiger partial charge in [-0.3, -0.25) is 19.0 Å². The average molecular weight is 469 g/mol. The van der Waals surface area contributed by atoms with Gasteiger partial charge in [-0.2, -0.15) is 0 Å². The molecule has 174 valence electrons. The van der Waals surface area contributed by atoms with E-state index in [1.165, 1.54) is 17.7 Å². The highest BCUT2D eigenvalue weighted by atomic mass is 32.2. The Morgan fingerprint density at radius 2 is 1.79 bits per heavy atom. The second-order valence-corrected chi connectivity index (χ2v) is 10.4. The number of aromatic nitrogens is 2. The van der Waals surface area contributed by atoms with Crippen molar-refractivity contribution >= 4 is 27.3 Å². The number of benzene rings is 2. The normalized spacial score (nSPS) is 15.7. The lowest BCUT2D eigenvalue weighted by Crippen LogP contribution is -2.33. The number of rotatable bonds is 5. The standard InChI is InChI=1S/C24H28N4O4S/c1-15(2)23-22(24(30)28(26(23)5)19-9-7-6-8-10-19)25-33(31,32)20-11-12-21-18(14-20)13-16(3)27(21)17(4)29/h6-12,14-16,25H,13H2,1-5H3. The van der Waals surface area contributed by atoms with E-state index in [1.807, 2.05) is 39.0 Å². The van der Waals surface area contributed by atoms with Gasteiger partial charge in [0.2, 0.25) is 5.91 Å². The van der Waals surface area contributed by atoms with Crippen LogP contribution in [0.25, 0.3) is 5.69 Å². The molecule has 0 saturated carbocycles. The van der Waals surface area contributed by atoms with Crippen LogP contribution in [0.15, 0.2) is 58.2 Å². The number of carbonyl (C=O) groups is 1. The molecule has 0 spiro atoms. The summed E-state index contributed by atoms with van der Waals surface area (Å²) in [6, 6.07) is 13.8. The van der Waals surface area contributed by atoms with E-state index in [-0.39, 0.29) is 28.4 Å². The van der Waals surface area contributed by atoms with Crippen LogP contribution in [0.5, 0.6) is 0 Å². The quantitative estimate of drug-likeness (QED) is 0.621. The van der Waals surface area contributed by atoms with Gasteiger partial charge < -0.3 is 4.90 Å². The second kappa shape index (κ2) is 8.22. The summed E-state index contributed by atoms with van der Waals surface area (Å²) in [7, 11) is -2.29. The number of nitrogens with one attached hydrogen (secondary N) is 1. The number of nitrogens with zero attached hydrogens (tertiary/aromatic N) is 3. The molecule has 9 heteroatoms. The summed E-state index contributed by atoms with van der Waals surface area (Å²) in [4.78, 5) is 27.1. The van der Waals surface area contributed by atoms with Gasteiger partial charge >= 0.3 is 0 Å². The molecular weight excluding hydrogens is 440 g/mol. The maximum atomic E-state index is 13.3. The number of hydrogen-bond acceptors (Lipinski definition) is 4. The third kappa shape index (κ3) is 3.86. The lowest BCUT2D eigenvalue weighted by Gasteiger charge is -2.20. The van der Waals surface area contributed by atoms with E-state index in [9.17, 15) is 18.0 Å². The van der Waals surface area contributed by atoms with Gasteiger partial charge in [0, 0.05) is 25.7 Å². The van der Waals surface area contributed by atoms with Gasteiger partial charge in [0.15, 0.2) is 0 Å². The fraction of sp³-hybridized carbons (Fsp3) is 0.333. The lowest BCUT2D eigenvalue weighted by atomic mass is 10.1. The Balaban J connectivity index is 1.78. The zero-order chi connectivity index (χ0) is 24.1. The number of amides is 1. The van der Waals surface area contributed by atoms with Gasteiger partial charge in [-0.05, 0) is 55.2 Å². The Kier molecular flexibility index (Phi) is 5.69. The Hall–Kier alpha value is -3.33. The first-order chi connectivity index (χ1) is 15.5. The van der Waals surface area contributed by atoms with Gasteiger partial charge in [0.25, 0.3) is 15.6 Å². The minimum atomic E-state index is -4.03. The number of fused-ring (bicyclic) bond motifs is 1. The van der Waals surface area contributed by atoms with Crippen LogP contribution in [0.4, 0.5) is 11.4 Å². The zero-order valence-corrected chi connectivity index (χ0v) is 20.2. The Labute approximate surface area is 193 Å². The van der Waals surface area contributed by atoms with Crippen molar-refractivity contribution in [3.05, 3.63) is 70.1 Å². The summed E-state index contributed by atoms with van der Waals surface area (Å²) in [5.41, 5.74) is 2.35. The van der Waals surface area contributed by atoms with E-state index in [0.29, 0.717) is 17.8 Å². The predicted octanol–water partition coefficient (Wildman–Crippen LogP) is 3.40. The molecule has 0 fully saturated rings. The van der Waals surface area contributed by atoms with Crippen LogP contribution in [0.3, 0.4) is 0 Å². The van der Waals surface area contributed by atoms with Crippen LogP contribution >= 0.6 is 0 Å². The molecular formula is C24H28N4O4S. The Morgan fingerprint density at radius 3 is 2.39 bits per heavy atom. The second-order valence-electron chi connectivity index (χ2n) is 8.73. The number of hydrogen-bond donors (Lipinski definition) is 1. The van der Waals surface area contributed by atoms with E-state index in [1.54, 1.807) is 40.9 Å². The number of para-hydroxylation sites is 1. The summed E-state index contributed by atoms with van der Waals surface area (Å²) < 4.78 is 32.4. The molecule has 0 bridgehead atoms. The molecule has 1 unspecified atom stereocenters. The third-order valence-corrected chi connectivity index (χ3v) is 7.36. The van der Waals surface area contributed by atoms with Crippen LogP contribution < -0.4 is 15.2 Å². The fourth-order valence-corrected chi connectivity index (χ4v) is 5.81. The van der Waals surface area contributed by atoms with E-state index >= 15 is 0 Å². The molecule has 8 nitrogen and oxygen atoms in total. The third-order valence-electron chi connectivity index (χ3n) is 6.01. The molecule has 1 atom stereocenters. The fourth-order valence-electron chi connectivity index (χ4n) is 4.69. The van der Waals surface area contributed by atoms with Crippen molar-refractivity contribution in [1.29, 1.82) is 0 Å². The molecule has 0 saturated heterocycles. The Bertz CT molecular complexity index is 1390. The summed E-state index contributed by atoms with van der Waals surface area (Å²) in [5.74, 6) is -0.183.